The van der Waals surface area contributed by atoms with Crippen molar-refractivity contribution < 1.29 is 0 Å². The standard InChI is InChI=1S/C20H28Si2/c1-17-7-11-19(12-8-17)21(3)15-5-6-16-22(21,4)20-13-9-18(2)10-14-20/h7-14H,5-6,15-16H2,1-4H3/t21-,22-/m0/s1. The first kappa shape index (κ1) is 15.8. The summed E-state index contributed by atoms with van der Waals surface area (Å²) >= 11 is 0. The maximum absolute atomic E-state index is 2.68. The Balaban J connectivity index is 2.10. The summed E-state index contributed by atoms with van der Waals surface area (Å²) in [4.78, 5) is 0. The lowest BCUT2D eigenvalue weighted by Crippen LogP contribution is -2.73. The van der Waals surface area contributed by atoms with Gasteiger partial charge in [-0.3, -0.25) is 0 Å². The molecule has 0 aromatic heterocycles. The van der Waals surface area contributed by atoms with Crippen molar-refractivity contribution in [1.29, 1.82) is 0 Å². The molecule has 116 valence electrons. The van der Waals surface area contributed by atoms with Crippen LogP contribution in [0.2, 0.25) is 25.2 Å². The molecule has 2 aromatic rings. The molecule has 22 heavy (non-hydrogen) atoms. The summed E-state index contributed by atoms with van der Waals surface area (Å²) in [5, 5.41) is 3.40. The Morgan fingerprint density at radius 2 is 0.909 bits per heavy atom. The molecule has 2 aromatic carbocycles. The Labute approximate surface area is 137 Å². The minimum absolute atomic E-state index is 1.39. The Kier molecular flexibility index (Phi) is 4.17. The number of hydrogen-bond acceptors (Lipinski definition) is 0. The molecule has 1 heterocycles. The monoisotopic (exact) mass is 324 g/mol. The van der Waals surface area contributed by atoms with E-state index < -0.39 is 15.2 Å². The third-order valence-electron chi connectivity index (χ3n) is 6.20. The maximum atomic E-state index is 2.68. The van der Waals surface area contributed by atoms with E-state index in [1.807, 2.05) is 0 Å². The van der Waals surface area contributed by atoms with Crippen molar-refractivity contribution in [1.82, 2.24) is 0 Å². The van der Waals surface area contributed by atoms with Gasteiger partial charge in [0.1, 0.15) is 0 Å². The lowest BCUT2D eigenvalue weighted by molar-refractivity contribution is 0.844. The molecule has 0 aliphatic carbocycles. The van der Waals surface area contributed by atoms with Gasteiger partial charge in [-0.15, -0.1) is 0 Å². The lowest BCUT2D eigenvalue weighted by atomic mass is 10.2. The SMILES string of the molecule is Cc1ccc([Si@]2(C)CCCC[Si@@]2(C)c2ccc(C)cc2)cc1. The summed E-state index contributed by atoms with van der Waals surface area (Å²) in [6.45, 7) is 9.77. The second-order valence-corrected chi connectivity index (χ2v) is 21.7. The molecule has 2 heteroatoms. The summed E-state index contributed by atoms with van der Waals surface area (Å²) < 4.78 is 0. The molecule has 2 atom stereocenters. The lowest BCUT2D eigenvalue weighted by Gasteiger charge is -2.48. The second kappa shape index (κ2) is 5.82. The molecule has 0 unspecified atom stereocenters. The van der Waals surface area contributed by atoms with Gasteiger partial charge in [0.25, 0.3) is 0 Å². The Hall–Kier alpha value is -1.13. The number of aryl methyl sites for hydroxylation is 2. The summed E-state index contributed by atoms with van der Waals surface area (Å²) in [5.41, 5.74) is 2.77. The Morgan fingerprint density at radius 3 is 1.23 bits per heavy atom. The highest BCUT2D eigenvalue weighted by Gasteiger charge is 2.51. The van der Waals surface area contributed by atoms with E-state index >= 15 is 0 Å². The van der Waals surface area contributed by atoms with Crippen molar-refractivity contribution in [2.75, 3.05) is 0 Å². The summed E-state index contributed by atoms with van der Waals surface area (Å²) in [6, 6.07) is 22.1. The molecule has 0 amide bonds. The van der Waals surface area contributed by atoms with Gasteiger partial charge >= 0.3 is 0 Å². The summed E-state index contributed by atoms with van der Waals surface area (Å²) in [7, 11) is -2.82. The van der Waals surface area contributed by atoms with E-state index in [-0.39, 0.29) is 0 Å². The van der Waals surface area contributed by atoms with E-state index in [0.29, 0.717) is 0 Å². The molecule has 0 spiro atoms. The van der Waals surface area contributed by atoms with Gasteiger partial charge < -0.3 is 0 Å². The van der Waals surface area contributed by atoms with E-state index in [2.05, 4.69) is 75.5 Å². The topological polar surface area (TPSA) is 0 Å². The van der Waals surface area contributed by atoms with Gasteiger partial charge in [-0.25, -0.2) is 0 Å². The predicted octanol–water partition coefficient (Wildman–Crippen LogP) is 4.45. The zero-order chi connectivity index (χ0) is 15.8. The molecule has 0 bridgehead atoms. The largest absolute Gasteiger partial charge is 0.0824 e. The molecule has 3 rings (SSSR count). The van der Waals surface area contributed by atoms with Crippen molar-refractivity contribution in [2.24, 2.45) is 0 Å². The van der Waals surface area contributed by atoms with Crippen LogP contribution in [0, 0.1) is 13.8 Å². The van der Waals surface area contributed by atoms with Crippen molar-refractivity contribution >= 4 is 25.6 Å². The summed E-state index contributed by atoms with van der Waals surface area (Å²) in [5.74, 6) is 0. The molecule has 0 radical (unpaired) electrons. The fraction of sp³-hybridized carbons (Fsp3) is 0.400. The fourth-order valence-electron chi connectivity index (χ4n) is 4.28. The number of benzene rings is 2. The normalized spacial score (nSPS) is 28.5. The van der Waals surface area contributed by atoms with Crippen molar-refractivity contribution in [2.45, 2.75) is 51.9 Å². The molecule has 1 aliphatic rings. The van der Waals surface area contributed by atoms with Crippen LogP contribution in [0.25, 0.3) is 0 Å². The first-order valence-corrected chi connectivity index (χ1v) is 15.0. The highest BCUT2D eigenvalue weighted by atomic mass is 29.3. The maximum Gasteiger partial charge on any atom is 0.0824 e. The van der Waals surface area contributed by atoms with Gasteiger partial charge in [-0.2, -0.15) is 0 Å². The average molecular weight is 325 g/mol. The van der Waals surface area contributed by atoms with Crippen LogP contribution in [-0.4, -0.2) is 15.2 Å². The second-order valence-electron chi connectivity index (χ2n) is 7.60. The smallest absolute Gasteiger partial charge is 0.0669 e. The van der Waals surface area contributed by atoms with Crippen molar-refractivity contribution in [3.63, 3.8) is 0 Å². The van der Waals surface area contributed by atoms with E-state index in [1.165, 1.54) is 36.1 Å². The molecule has 1 saturated heterocycles. The Bertz CT molecular complexity index is 585. The quantitative estimate of drug-likeness (QED) is 0.716. The third-order valence-corrected chi connectivity index (χ3v) is 25.1. The summed E-state index contributed by atoms with van der Waals surface area (Å²) in [6.07, 6.45) is 2.87. The van der Waals surface area contributed by atoms with Crippen LogP contribution in [0.4, 0.5) is 0 Å². The van der Waals surface area contributed by atoms with Crippen LogP contribution >= 0.6 is 0 Å². The van der Waals surface area contributed by atoms with E-state index in [9.17, 15) is 0 Å². The molecule has 0 saturated carbocycles. The number of hydrogen-bond donors (Lipinski definition) is 0. The van der Waals surface area contributed by atoms with E-state index in [0.717, 1.165) is 0 Å². The minimum Gasteiger partial charge on any atom is -0.0669 e. The van der Waals surface area contributed by atoms with Crippen LogP contribution < -0.4 is 10.4 Å². The minimum atomic E-state index is -1.41. The molecular weight excluding hydrogens is 296 g/mol. The number of rotatable bonds is 2. The Morgan fingerprint density at radius 1 is 0.591 bits per heavy atom. The predicted molar refractivity (Wildman–Crippen MR) is 104 cm³/mol. The van der Waals surface area contributed by atoms with Gasteiger partial charge in [-0.1, -0.05) is 108 Å². The van der Waals surface area contributed by atoms with Crippen molar-refractivity contribution in [3.8, 4) is 0 Å². The van der Waals surface area contributed by atoms with Gasteiger partial charge in [0, 0.05) is 0 Å². The molecule has 0 nitrogen and oxygen atoms in total. The zero-order valence-electron chi connectivity index (χ0n) is 14.4. The van der Waals surface area contributed by atoms with Crippen LogP contribution in [0.3, 0.4) is 0 Å². The molecule has 0 N–H and O–H groups in total. The van der Waals surface area contributed by atoms with Crippen LogP contribution in [0.1, 0.15) is 24.0 Å². The first-order valence-electron chi connectivity index (χ1n) is 8.60. The third kappa shape index (κ3) is 2.52. The van der Waals surface area contributed by atoms with Gasteiger partial charge in [0.2, 0.25) is 0 Å². The molecular formula is C20H28Si2. The van der Waals surface area contributed by atoms with Crippen LogP contribution in [0.5, 0.6) is 0 Å². The average Bonchev–Trinajstić information content (AvgIpc) is 2.51. The molecule has 1 aliphatic heterocycles. The van der Waals surface area contributed by atoms with Crippen LogP contribution in [-0.2, 0) is 0 Å². The first-order chi connectivity index (χ1) is 10.5. The van der Waals surface area contributed by atoms with E-state index in [1.54, 1.807) is 10.4 Å². The highest BCUT2D eigenvalue weighted by molar-refractivity contribution is 7.50. The van der Waals surface area contributed by atoms with Crippen molar-refractivity contribution in [3.05, 3.63) is 59.7 Å². The van der Waals surface area contributed by atoms with Crippen LogP contribution in [0.15, 0.2) is 48.5 Å². The highest BCUT2D eigenvalue weighted by Crippen LogP contribution is 2.35. The van der Waals surface area contributed by atoms with Gasteiger partial charge in [-0.05, 0) is 13.8 Å². The fourth-order valence-corrected chi connectivity index (χ4v) is 20.1. The van der Waals surface area contributed by atoms with E-state index in [4.69, 9.17) is 0 Å². The zero-order valence-corrected chi connectivity index (χ0v) is 16.4. The van der Waals surface area contributed by atoms with Gasteiger partial charge in [0.05, 0.1) is 15.2 Å². The van der Waals surface area contributed by atoms with Gasteiger partial charge in [0.15, 0.2) is 0 Å². The molecule has 1 fully saturated rings.